The van der Waals surface area contributed by atoms with Crippen LogP contribution in [0.2, 0.25) is 0 Å². The van der Waals surface area contributed by atoms with Crippen LogP contribution >= 0.6 is 11.5 Å². The van der Waals surface area contributed by atoms with Gasteiger partial charge in [-0.1, -0.05) is 41.7 Å². The lowest BCUT2D eigenvalue weighted by Gasteiger charge is -2.51. The molecule has 4 rings (SSSR count). The third kappa shape index (κ3) is 6.35. The van der Waals surface area contributed by atoms with Crippen molar-refractivity contribution in [1.29, 1.82) is 0 Å². The Morgan fingerprint density at radius 3 is 2.59 bits per heavy atom. The molecular formula is C27H38N6O3S. The molecule has 3 heterocycles. The molecule has 2 aliphatic heterocycles. The van der Waals surface area contributed by atoms with Gasteiger partial charge >= 0.3 is 0 Å². The summed E-state index contributed by atoms with van der Waals surface area (Å²) in [5.41, 5.74) is 1.21. The van der Waals surface area contributed by atoms with Crippen LogP contribution in [0.25, 0.3) is 0 Å². The van der Waals surface area contributed by atoms with Gasteiger partial charge in [0.25, 0.3) is 5.91 Å². The Labute approximate surface area is 223 Å². The van der Waals surface area contributed by atoms with Gasteiger partial charge in [-0.05, 0) is 69.0 Å². The zero-order valence-corrected chi connectivity index (χ0v) is 22.7. The van der Waals surface area contributed by atoms with E-state index in [4.69, 9.17) is 0 Å². The monoisotopic (exact) mass is 526 g/mol. The lowest BCUT2D eigenvalue weighted by Crippen LogP contribution is -2.72. The Bertz CT molecular complexity index is 1070. The molecule has 0 unspecified atom stereocenters. The molecule has 1 spiro atoms. The maximum absolute atomic E-state index is 13.5. The van der Waals surface area contributed by atoms with Crippen molar-refractivity contribution in [2.45, 2.75) is 70.4 Å². The lowest BCUT2D eigenvalue weighted by molar-refractivity contribution is -0.161. The van der Waals surface area contributed by atoms with E-state index in [2.05, 4.69) is 56.3 Å². The summed E-state index contributed by atoms with van der Waals surface area (Å²) in [6.45, 7) is 7.51. The maximum atomic E-state index is 13.5. The second-order valence-corrected chi connectivity index (χ2v) is 10.8. The summed E-state index contributed by atoms with van der Waals surface area (Å²) < 4.78 is 3.79. The first-order chi connectivity index (χ1) is 17.9. The second kappa shape index (κ2) is 12.6. The van der Waals surface area contributed by atoms with Gasteiger partial charge in [-0.25, -0.2) is 0 Å². The van der Waals surface area contributed by atoms with Crippen LogP contribution in [-0.2, 0) is 16.0 Å². The number of amides is 3. The fraction of sp³-hybridized carbons (Fsp3) is 0.593. The van der Waals surface area contributed by atoms with E-state index in [0.29, 0.717) is 42.9 Å². The number of aromatic nitrogens is 2. The Morgan fingerprint density at radius 2 is 1.92 bits per heavy atom. The van der Waals surface area contributed by atoms with Crippen molar-refractivity contribution in [3.8, 4) is 0 Å². The standard InChI is InChI=1S/C27H38N6O3S/c1-3-16-33-25(35)22(11-7-8-15-28-24(34)23-20(2)30-31-37-23)29-26(36)27(33)13-18-32(19-14-27)17-12-21-9-5-4-6-10-21/h4-6,9-10,22H,3,7-8,11-19H2,1-2H3,(H,28,34)(H,29,36)/t22-/m0/s1. The second-order valence-electron chi connectivity index (χ2n) is 10.1. The molecule has 2 saturated heterocycles. The van der Waals surface area contributed by atoms with Crippen LogP contribution in [0.5, 0.6) is 0 Å². The van der Waals surface area contributed by atoms with Gasteiger partial charge in [-0.15, -0.1) is 5.10 Å². The van der Waals surface area contributed by atoms with Gasteiger partial charge in [0.15, 0.2) is 0 Å². The molecule has 2 N–H and O–H groups in total. The average Bonchev–Trinajstić information content (AvgIpc) is 3.35. The predicted octanol–water partition coefficient (Wildman–Crippen LogP) is 2.56. The Morgan fingerprint density at radius 1 is 1.16 bits per heavy atom. The van der Waals surface area contributed by atoms with Crippen LogP contribution in [0.15, 0.2) is 30.3 Å². The van der Waals surface area contributed by atoms with Crippen molar-refractivity contribution in [3.63, 3.8) is 0 Å². The van der Waals surface area contributed by atoms with Crippen LogP contribution < -0.4 is 10.6 Å². The first kappa shape index (κ1) is 27.2. The maximum Gasteiger partial charge on any atom is 0.264 e. The highest BCUT2D eigenvalue weighted by molar-refractivity contribution is 7.08. The van der Waals surface area contributed by atoms with Crippen molar-refractivity contribution in [2.75, 3.05) is 32.7 Å². The first-order valence-corrected chi connectivity index (χ1v) is 14.2. The third-order valence-corrected chi connectivity index (χ3v) is 8.39. The number of unbranched alkanes of at least 4 members (excludes halogenated alkanes) is 1. The summed E-state index contributed by atoms with van der Waals surface area (Å²) in [7, 11) is 0. The zero-order valence-electron chi connectivity index (χ0n) is 21.9. The SMILES string of the molecule is CCCN1C(=O)[C@H](CCCCNC(=O)c2snnc2C)NC(=O)C12CCN(CCc1ccccc1)CC2. The molecule has 3 amide bonds. The number of nitrogens with zero attached hydrogens (tertiary/aromatic N) is 4. The van der Waals surface area contributed by atoms with Crippen LogP contribution in [0.1, 0.15) is 66.4 Å². The molecule has 1 aromatic heterocycles. The van der Waals surface area contributed by atoms with E-state index in [1.807, 2.05) is 11.0 Å². The van der Waals surface area contributed by atoms with Crippen molar-refractivity contribution in [2.24, 2.45) is 0 Å². The first-order valence-electron chi connectivity index (χ1n) is 13.4. The van der Waals surface area contributed by atoms with E-state index in [9.17, 15) is 14.4 Å². The molecule has 0 saturated carbocycles. The molecule has 2 aromatic rings. The highest BCUT2D eigenvalue weighted by Crippen LogP contribution is 2.34. The summed E-state index contributed by atoms with van der Waals surface area (Å²) >= 11 is 1.09. The van der Waals surface area contributed by atoms with Crippen molar-refractivity contribution in [1.82, 2.24) is 30.0 Å². The molecule has 0 aliphatic carbocycles. The topological polar surface area (TPSA) is 108 Å². The number of rotatable bonds is 11. The summed E-state index contributed by atoms with van der Waals surface area (Å²) in [5.74, 6) is -0.134. The smallest absolute Gasteiger partial charge is 0.264 e. The highest BCUT2D eigenvalue weighted by Gasteiger charge is 2.52. The fourth-order valence-electron chi connectivity index (χ4n) is 5.39. The summed E-state index contributed by atoms with van der Waals surface area (Å²) in [6.07, 6.45) is 5.18. The van der Waals surface area contributed by atoms with Gasteiger partial charge in [0.1, 0.15) is 16.5 Å². The van der Waals surface area contributed by atoms with Gasteiger partial charge in [0, 0.05) is 32.7 Å². The number of benzene rings is 1. The van der Waals surface area contributed by atoms with Gasteiger partial charge in [-0.3, -0.25) is 14.4 Å². The summed E-state index contributed by atoms with van der Waals surface area (Å²) in [4.78, 5) is 44.0. The summed E-state index contributed by atoms with van der Waals surface area (Å²) in [5, 5.41) is 9.82. The summed E-state index contributed by atoms with van der Waals surface area (Å²) in [6, 6.07) is 9.96. The molecular weight excluding hydrogens is 488 g/mol. The Hall–Kier alpha value is -2.85. The van der Waals surface area contributed by atoms with E-state index < -0.39 is 11.6 Å². The minimum absolute atomic E-state index is 0.00488. The number of aryl methyl sites for hydroxylation is 1. The molecule has 200 valence electrons. The zero-order chi connectivity index (χ0) is 26.3. The molecule has 0 bridgehead atoms. The van der Waals surface area contributed by atoms with Crippen molar-refractivity contribution < 1.29 is 14.4 Å². The fourth-order valence-corrected chi connectivity index (χ4v) is 5.96. The number of carbonyl (C=O) groups is 3. The van der Waals surface area contributed by atoms with E-state index >= 15 is 0 Å². The number of piperidine rings is 1. The largest absolute Gasteiger partial charge is 0.351 e. The number of hydrogen-bond acceptors (Lipinski definition) is 7. The van der Waals surface area contributed by atoms with Gasteiger partial charge in [0.2, 0.25) is 11.8 Å². The number of nitrogens with one attached hydrogen (secondary N) is 2. The molecule has 10 heteroatoms. The normalized spacial score (nSPS) is 19.7. The number of likely N-dealkylation sites (tertiary alicyclic amines) is 1. The van der Waals surface area contributed by atoms with Crippen LogP contribution in [0.4, 0.5) is 0 Å². The Kier molecular flexibility index (Phi) is 9.26. The van der Waals surface area contributed by atoms with Crippen LogP contribution in [0, 0.1) is 6.92 Å². The Balaban J connectivity index is 1.26. The van der Waals surface area contributed by atoms with Gasteiger partial charge < -0.3 is 20.4 Å². The molecule has 37 heavy (non-hydrogen) atoms. The van der Waals surface area contributed by atoms with Crippen LogP contribution in [0.3, 0.4) is 0 Å². The molecule has 2 fully saturated rings. The number of carbonyl (C=O) groups excluding carboxylic acids is 3. The predicted molar refractivity (Wildman–Crippen MR) is 143 cm³/mol. The van der Waals surface area contributed by atoms with E-state index in [0.717, 1.165) is 56.9 Å². The van der Waals surface area contributed by atoms with E-state index in [1.165, 1.54) is 5.56 Å². The van der Waals surface area contributed by atoms with Crippen molar-refractivity contribution in [3.05, 3.63) is 46.5 Å². The minimum atomic E-state index is -0.735. The van der Waals surface area contributed by atoms with Gasteiger partial charge in [-0.2, -0.15) is 0 Å². The number of piperazine rings is 1. The lowest BCUT2D eigenvalue weighted by atomic mass is 9.81. The quantitative estimate of drug-likeness (QED) is 0.436. The highest BCUT2D eigenvalue weighted by atomic mass is 32.1. The van der Waals surface area contributed by atoms with Gasteiger partial charge in [0.05, 0.1) is 5.69 Å². The van der Waals surface area contributed by atoms with E-state index in [1.54, 1.807) is 6.92 Å². The molecule has 0 radical (unpaired) electrons. The third-order valence-electron chi connectivity index (χ3n) is 7.56. The van der Waals surface area contributed by atoms with Crippen LogP contribution in [-0.4, -0.2) is 81.4 Å². The van der Waals surface area contributed by atoms with Crippen molar-refractivity contribution >= 4 is 29.3 Å². The molecule has 1 aromatic carbocycles. The number of hydrogen-bond donors (Lipinski definition) is 2. The molecule has 9 nitrogen and oxygen atoms in total. The molecule has 2 aliphatic rings. The minimum Gasteiger partial charge on any atom is -0.351 e. The average molecular weight is 527 g/mol. The molecule has 1 atom stereocenters. The van der Waals surface area contributed by atoms with E-state index in [-0.39, 0.29) is 17.7 Å².